The molecule has 1 heterocycles. The largest absolute Gasteiger partial charge is 0.497 e. The summed E-state index contributed by atoms with van der Waals surface area (Å²) in [5.74, 6) is 0.670. The van der Waals surface area contributed by atoms with Gasteiger partial charge in [0, 0.05) is 11.8 Å². The lowest BCUT2D eigenvalue weighted by atomic mass is 9.88. The summed E-state index contributed by atoms with van der Waals surface area (Å²) in [6.07, 6.45) is 0.996. The zero-order valence-corrected chi connectivity index (χ0v) is 12.8. The standard InChI is InChI=1S/C18H20N2O2/c1-3-12-7-9-13(10-8-12)17-16(19)18(21)20(17)14-5-4-6-15(11-14)22-2/h4-11,16-17H,3,19H2,1-2H3/t16-,17+/m0/s1. The van der Waals surface area contributed by atoms with Crippen molar-refractivity contribution in [1.29, 1.82) is 0 Å². The molecule has 114 valence electrons. The van der Waals surface area contributed by atoms with Crippen LogP contribution in [-0.4, -0.2) is 19.1 Å². The first-order valence-corrected chi connectivity index (χ1v) is 7.47. The summed E-state index contributed by atoms with van der Waals surface area (Å²) in [6.45, 7) is 2.12. The molecule has 1 aliphatic heterocycles. The third-order valence-electron chi connectivity index (χ3n) is 4.20. The normalized spacial score (nSPS) is 20.7. The monoisotopic (exact) mass is 296 g/mol. The van der Waals surface area contributed by atoms with Gasteiger partial charge in [0.25, 0.3) is 0 Å². The molecule has 22 heavy (non-hydrogen) atoms. The van der Waals surface area contributed by atoms with E-state index in [0.717, 1.165) is 23.4 Å². The predicted molar refractivity (Wildman–Crippen MR) is 87.0 cm³/mol. The Hall–Kier alpha value is -2.33. The molecule has 1 amide bonds. The summed E-state index contributed by atoms with van der Waals surface area (Å²) < 4.78 is 5.24. The fourth-order valence-electron chi connectivity index (χ4n) is 2.87. The molecule has 2 aromatic carbocycles. The van der Waals surface area contributed by atoms with Crippen LogP contribution >= 0.6 is 0 Å². The number of anilines is 1. The summed E-state index contributed by atoms with van der Waals surface area (Å²) in [5.41, 5.74) is 9.20. The number of nitrogens with two attached hydrogens (primary N) is 1. The van der Waals surface area contributed by atoms with Gasteiger partial charge in [-0.3, -0.25) is 4.79 Å². The molecule has 1 fully saturated rings. The number of benzene rings is 2. The second kappa shape index (κ2) is 5.81. The number of rotatable bonds is 4. The van der Waals surface area contributed by atoms with E-state index in [4.69, 9.17) is 10.5 Å². The number of hydrogen-bond donors (Lipinski definition) is 1. The highest BCUT2D eigenvalue weighted by Gasteiger charge is 2.46. The van der Waals surface area contributed by atoms with Crippen molar-refractivity contribution in [3.8, 4) is 5.75 Å². The van der Waals surface area contributed by atoms with E-state index in [-0.39, 0.29) is 11.9 Å². The third kappa shape index (κ3) is 2.35. The van der Waals surface area contributed by atoms with Gasteiger partial charge in [0.15, 0.2) is 0 Å². The van der Waals surface area contributed by atoms with Gasteiger partial charge >= 0.3 is 0 Å². The van der Waals surface area contributed by atoms with Crippen molar-refractivity contribution < 1.29 is 9.53 Å². The van der Waals surface area contributed by atoms with Crippen LogP contribution in [0.4, 0.5) is 5.69 Å². The lowest BCUT2D eigenvalue weighted by Crippen LogP contribution is -2.63. The van der Waals surface area contributed by atoms with Crippen LogP contribution in [0, 0.1) is 0 Å². The summed E-state index contributed by atoms with van der Waals surface area (Å²) in [6, 6.07) is 15.2. The van der Waals surface area contributed by atoms with Gasteiger partial charge in [-0.25, -0.2) is 0 Å². The van der Waals surface area contributed by atoms with Crippen molar-refractivity contribution in [2.75, 3.05) is 12.0 Å². The Kier molecular flexibility index (Phi) is 3.86. The SMILES string of the molecule is CCc1ccc([C@@H]2[C@H](N)C(=O)N2c2cccc(OC)c2)cc1. The van der Waals surface area contributed by atoms with E-state index in [2.05, 4.69) is 31.2 Å². The third-order valence-corrected chi connectivity index (χ3v) is 4.20. The van der Waals surface area contributed by atoms with Crippen LogP contribution in [0.1, 0.15) is 24.1 Å². The first kappa shape index (κ1) is 14.6. The highest BCUT2D eigenvalue weighted by Crippen LogP contribution is 2.39. The molecule has 0 aromatic heterocycles. The highest BCUT2D eigenvalue weighted by atomic mass is 16.5. The van der Waals surface area contributed by atoms with Gasteiger partial charge in [-0.1, -0.05) is 37.3 Å². The average Bonchev–Trinajstić information content (AvgIpc) is 2.58. The molecule has 0 radical (unpaired) electrons. The van der Waals surface area contributed by atoms with Crippen LogP contribution in [0.25, 0.3) is 0 Å². The van der Waals surface area contributed by atoms with Crippen molar-refractivity contribution in [2.45, 2.75) is 25.4 Å². The van der Waals surface area contributed by atoms with Crippen LogP contribution < -0.4 is 15.4 Å². The fourth-order valence-corrected chi connectivity index (χ4v) is 2.87. The van der Waals surface area contributed by atoms with Crippen LogP contribution in [-0.2, 0) is 11.2 Å². The Balaban J connectivity index is 1.93. The number of carbonyl (C=O) groups excluding carboxylic acids is 1. The molecular formula is C18H20N2O2. The number of nitrogens with zero attached hydrogens (tertiary/aromatic N) is 1. The Bertz CT molecular complexity index is 682. The molecule has 1 saturated heterocycles. The minimum absolute atomic E-state index is 0.0576. The number of carbonyl (C=O) groups is 1. The number of amides is 1. The molecule has 0 bridgehead atoms. The van der Waals surface area contributed by atoms with Crippen LogP contribution in [0.5, 0.6) is 5.75 Å². The quantitative estimate of drug-likeness (QED) is 0.883. The molecule has 0 aliphatic carbocycles. The predicted octanol–water partition coefficient (Wildman–Crippen LogP) is 2.67. The minimum atomic E-state index is -0.487. The second-order valence-electron chi connectivity index (χ2n) is 5.48. The maximum absolute atomic E-state index is 12.2. The van der Waals surface area contributed by atoms with Crippen molar-refractivity contribution in [3.05, 3.63) is 59.7 Å². The number of aryl methyl sites for hydroxylation is 1. The molecular weight excluding hydrogens is 276 g/mol. The maximum atomic E-state index is 12.2. The van der Waals surface area contributed by atoms with Gasteiger partial charge in [-0.15, -0.1) is 0 Å². The van der Waals surface area contributed by atoms with Gasteiger partial charge in [0.1, 0.15) is 11.8 Å². The number of ether oxygens (including phenoxy) is 1. The topological polar surface area (TPSA) is 55.6 Å². The smallest absolute Gasteiger partial charge is 0.247 e. The molecule has 0 unspecified atom stereocenters. The Morgan fingerprint density at radius 1 is 1.18 bits per heavy atom. The molecule has 3 rings (SSSR count). The lowest BCUT2D eigenvalue weighted by molar-refractivity contribution is -0.126. The van der Waals surface area contributed by atoms with E-state index in [1.165, 1.54) is 5.56 Å². The van der Waals surface area contributed by atoms with E-state index in [9.17, 15) is 4.79 Å². The Morgan fingerprint density at radius 2 is 1.91 bits per heavy atom. The van der Waals surface area contributed by atoms with E-state index in [1.54, 1.807) is 12.0 Å². The zero-order chi connectivity index (χ0) is 15.7. The lowest BCUT2D eigenvalue weighted by Gasteiger charge is -2.45. The molecule has 0 saturated carbocycles. The minimum Gasteiger partial charge on any atom is -0.497 e. The van der Waals surface area contributed by atoms with Gasteiger partial charge < -0.3 is 15.4 Å². The molecule has 1 aliphatic rings. The van der Waals surface area contributed by atoms with Crippen molar-refractivity contribution >= 4 is 11.6 Å². The van der Waals surface area contributed by atoms with Crippen LogP contribution in [0.3, 0.4) is 0 Å². The zero-order valence-electron chi connectivity index (χ0n) is 12.8. The summed E-state index contributed by atoms with van der Waals surface area (Å²) in [4.78, 5) is 14.0. The molecule has 2 aromatic rings. The van der Waals surface area contributed by atoms with E-state index < -0.39 is 6.04 Å². The highest BCUT2D eigenvalue weighted by molar-refractivity contribution is 6.05. The van der Waals surface area contributed by atoms with Crippen LogP contribution in [0.15, 0.2) is 48.5 Å². The fraction of sp³-hybridized carbons (Fsp3) is 0.278. The number of β-lactam (4-membered cyclic amide) rings is 1. The first-order chi connectivity index (χ1) is 10.7. The molecule has 4 heteroatoms. The molecule has 0 spiro atoms. The van der Waals surface area contributed by atoms with E-state index in [1.807, 2.05) is 24.3 Å². The van der Waals surface area contributed by atoms with Crippen molar-refractivity contribution in [2.24, 2.45) is 5.73 Å². The maximum Gasteiger partial charge on any atom is 0.247 e. The average molecular weight is 296 g/mol. The summed E-state index contributed by atoms with van der Waals surface area (Å²) in [7, 11) is 1.61. The van der Waals surface area contributed by atoms with E-state index >= 15 is 0 Å². The first-order valence-electron chi connectivity index (χ1n) is 7.47. The van der Waals surface area contributed by atoms with Gasteiger partial charge in [-0.2, -0.15) is 0 Å². The van der Waals surface area contributed by atoms with Crippen LogP contribution in [0.2, 0.25) is 0 Å². The summed E-state index contributed by atoms with van der Waals surface area (Å²) >= 11 is 0. The molecule has 4 nitrogen and oxygen atoms in total. The molecule has 2 atom stereocenters. The summed E-state index contributed by atoms with van der Waals surface area (Å²) in [5, 5.41) is 0. The van der Waals surface area contributed by atoms with Crippen molar-refractivity contribution in [3.63, 3.8) is 0 Å². The number of methoxy groups -OCH3 is 1. The van der Waals surface area contributed by atoms with Gasteiger partial charge in [0.05, 0.1) is 13.2 Å². The van der Waals surface area contributed by atoms with Gasteiger partial charge in [0.2, 0.25) is 5.91 Å². The number of hydrogen-bond acceptors (Lipinski definition) is 3. The Morgan fingerprint density at radius 3 is 2.55 bits per heavy atom. The Labute approximate surface area is 130 Å². The molecule has 2 N–H and O–H groups in total. The van der Waals surface area contributed by atoms with Crippen molar-refractivity contribution in [1.82, 2.24) is 0 Å². The second-order valence-corrected chi connectivity index (χ2v) is 5.48. The van der Waals surface area contributed by atoms with E-state index in [0.29, 0.717) is 0 Å². The van der Waals surface area contributed by atoms with Gasteiger partial charge in [-0.05, 0) is 29.7 Å².